The molecule has 0 saturated carbocycles. The quantitative estimate of drug-likeness (QED) is 0.661. The average molecular weight is 188 g/mol. The highest BCUT2D eigenvalue weighted by molar-refractivity contribution is 5.31. The fraction of sp³-hybridized carbons (Fsp3) is 0.385. The molecule has 1 aromatic carbocycles. The number of hydrogen-bond donors (Lipinski definition) is 0. The molecule has 0 fully saturated rings. The summed E-state index contributed by atoms with van der Waals surface area (Å²) in [6.45, 7) is 4.33. The number of ether oxygens (including phenoxy) is 1. The van der Waals surface area contributed by atoms with Crippen molar-refractivity contribution in [3.63, 3.8) is 0 Å². The summed E-state index contributed by atoms with van der Waals surface area (Å²) in [5.41, 5.74) is 2.83. The molecule has 0 N–H and O–H groups in total. The van der Waals surface area contributed by atoms with E-state index in [4.69, 9.17) is 4.74 Å². The summed E-state index contributed by atoms with van der Waals surface area (Å²) in [7, 11) is 0. The van der Waals surface area contributed by atoms with Crippen LogP contribution in [0.3, 0.4) is 0 Å². The van der Waals surface area contributed by atoms with Crippen molar-refractivity contribution >= 4 is 0 Å². The summed E-state index contributed by atoms with van der Waals surface area (Å²) in [5, 5.41) is 0. The van der Waals surface area contributed by atoms with E-state index in [0.29, 0.717) is 6.61 Å². The molecule has 0 aromatic heterocycles. The van der Waals surface area contributed by atoms with Gasteiger partial charge in [-0.1, -0.05) is 30.3 Å². The summed E-state index contributed by atoms with van der Waals surface area (Å²) in [6, 6.07) is 8.59. The molecular formula is C13H16O. The Morgan fingerprint density at radius 3 is 3.14 bits per heavy atom. The van der Waals surface area contributed by atoms with Crippen LogP contribution in [-0.4, -0.2) is 6.61 Å². The zero-order chi connectivity index (χ0) is 9.80. The molecule has 0 saturated heterocycles. The van der Waals surface area contributed by atoms with Gasteiger partial charge in [0, 0.05) is 0 Å². The van der Waals surface area contributed by atoms with Crippen molar-refractivity contribution in [3.8, 4) is 0 Å². The molecule has 0 spiro atoms. The molecule has 1 nitrogen and oxygen atoms in total. The van der Waals surface area contributed by atoms with E-state index in [0.717, 1.165) is 6.42 Å². The zero-order valence-corrected chi connectivity index (χ0v) is 8.41. The Balaban J connectivity index is 2.17. The van der Waals surface area contributed by atoms with Gasteiger partial charge in [0.2, 0.25) is 0 Å². The summed E-state index contributed by atoms with van der Waals surface area (Å²) in [6.07, 6.45) is 5.68. The van der Waals surface area contributed by atoms with Gasteiger partial charge in [0.05, 0.1) is 12.7 Å². The van der Waals surface area contributed by atoms with E-state index in [1.165, 1.54) is 24.0 Å². The highest BCUT2D eigenvalue weighted by Gasteiger charge is 2.19. The Bertz CT molecular complexity index is 317. The van der Waals surface area contributed by atoms with Crippen LogP contribution in [0.5, 0.6) is 0 Å². The minimum absolute atomic E-state index is 0.290. The molecule has 0 amide bonds. The lowest BCUT2D eigenvalue weighted by Gasteiger charge is -2.25. The molecule has 0 heterocycles. The third-order valence-electron chi connectivity index (χ3n) is 2.73. The Morgan fingerprint density at radius 2 is 2.29 bits per heavy atom. The monoisotopic (exact) mass is 188 g/mol. The first-order chi connectivity index (χ1) is 6.92. The molecule has 0 aliphatic heterocycles. The predicted octanol–water partition coefficient (Wildman–Crippen LogP) is 3.27. The van der Waals surface area contributed by atoms with Crippen molar-refractivity contribution in [1.29, 1.82) is 0 Å². The lowest BCUT2D eigenvalue weighted by atomic mass is 9.89. The van der Waals surface area contributed by atoms with Gasteiger partial charge in [0.1, 0.15) is 0 Å². The first kappa shape index (κ1) is 9.47. The van der Waals surface area contributed by atoms with E-state index in [2.05, 4.69) is 30.8 Å². The van der Waals surface area contributed by atoms with E-state index in [1.807, 2.05) is 6.08 Å². The number of aryl methyl sites for hydroxylation is 1. The molecule has 1 aromatic rings. The summed E-state index contributed by atoms with van der Waals surface area (Å²) in [4.78, 5) is 0. The van der Waals surface area contributed by atoms with Gasteiger partial charge < -0.3 is 4.74 Å². The van der Waals surface area contributed by atoms with Crippen molar-refractivity contribution in [2.24, 2.45) is 0 Å². The number of benzene rings is 1. The third-order valence-corrected chi connectivity index (χ3v) is 2.73. The maximum Gasteiger partial charge on any atom is 0.0832 e. The maximum atomic E-state index is 5.74. The van der Waals surface area contributed by atoms with Crippen LogP contribution >= 0.6 is 0 Å². The van der Waals surface area contributed by atoms with E-state index >= 15 is 0 Å². The van der Waals surface area contributed by atoms with Crippen molar-refractivity contribution < 1.29 is 4.74 Å². The van der Waals surface area contributed by atoms with Gasteiger partial charge >= 0.3 is 0 Å². The normalized spacial score (nSPS) is 20.1. The fourth-order valence-corrected chi connectivity index (χ4v) is 2.07. The van der Waals surface area contributed by atoms with Gasteiger partial charge in [0.15, 0.2) is 0 Å². The lowest BCUT2D eigenvalue weighted by Crippen LogP contribution is -2.12. The van der Waals surface area contributed by atoms with Crippen LogP contribution in [-0.2, 0) is 11.2 Å². The zero-order valence-electron chi connectivity index (χ0n) is 8.41. The Labute approximate surface area is 85.4 Å². The highest BCUT2D eigenvalue weighted by Crippen LogP contribution is 2.31. The van der Waals surface area contributed by atoms with Crippen molar-refractivity contribution in [1.82, 2.24) is 0 Å². The van der Waals surface area contributed by atoms with Gasteiger partial charge in [0.25, 0.3) is 0 Å². The molecule has 1 aliphatic carbocycles. The molecule has 2 rings (SSSR count). The molecule has 74 valence electrons. The predicted molar refractivity (Wildman–Crippen MR) is 58.3 cm³/mol. The van der Waals surface area contributed by atoms with Crippen LogP contribution in [0.2, 0.25) is 0 Å². The van der Waals surface area contributed by atoms with Crippen LogP contribution in [0.1, 0.15) is 30.1 Å². The Kier molecular flexibility index (Phi) is 3.00. The Hall–Kier alpha value is -1.08. The van der Waals surface area contributed by atoms with Crippen LogP contribution in [0.4, 0.5) is 0 Å². The van der Waals surface area contributed by atoms with Crippen molar-refractivity contribution in [2.75, 3.05) is 6.61 Å². The van der Waals surface area contributed by atoms with Crippen molar-refractivity contribution in [2.45, 2.75) is 25.4 Å². The first-order valence-corrected chi connectivity index (χ1v) is 5.22. The smallest absolute Gasteiger partial charge is 0.0832 e. The molecule has 1 aliphatic rings. The molecule has 0 radical (unpaired) electrons. The second-order valence-corrected chi connectivity index (χ2v) is 3.70. The number of fused-ring (bicyclic) bond motifs is 1. The molecule has 1 unspecified atom stereocenters. The van der Waals surface area contributed by atoms with Crippen LogP contribution in [0.25, 0.3) is 0 Å². The maximum absolute atomic E-state index is 5.74. The van der Waals surface area contributed by atoms with Crippen LogP contribution in [0, 0.1) is 0 Å². The summed E-state index contributed by atoms with van der Waals surface area (Å²) in [5.74, 6) is 0. The minimum atomic E-state index is 0.290. The van der Waals surface area contributed by atoms with E-state index in [1.54, 1.807) is 0 Å². The molecule has 0 bridgehead atoms. The summed E-state index contributed by atoms with van der Waals surface area (Å²) < 4.78 is 5.74. The first-order valence-electron chi connectivity index (χ1n) is 5.22. The van der Waals surface area contributed by atoms with Crippen LogP contribution in [0.15, 0.2) is 36.9 Å². The second kappa shape index (κ2) is 4.43. The largest absolute Gasteiger partial charge is 0.369 e. The molecule has 14 heavy (non-hydrogen) atoms. The van der Waals surface area contributed by atoms with Gasteiger partial charge in [-0.15, -0.1) is 6.58 Å². The molecule has 1 atom stereocenters. The van der Waals surface area contributed by atoms with E-state index in [9.17, 15) is 0 Å². The number of hydrogen-bond acceptors (Lipinski definition) is 1. The fourth-order valence-electron chi connectivity index (χ4n) is 2.07. The number of rotatable bonds is 3. The molecular weight excluding hydrogens is 172 g/mol. The van der Waals surface area contributed by atoms with Crippen molar-refractivity contribution in [3.05, 3.63) is 48.0 Å². The van der Waals surface area contributed by atoms with Gasteiger partial charge in [-0.3, -0.25) is 0 Å². The third kappa shape index (κ3) is 1.88. The van der Waals surface area contributed by atoms with E-state index < -0.39 is 0 Å². The van der Waals surface area contributed by atoms with Gasteiger partial charge in [-0.05, 0) is 30.4 Å². The van der Waals surface area contributed by atoms with Gasteiger partial charge in [-0.2, -0.15) is 0 Å². The lowest BCUT2D eigenvalue weighted by molar-refractivity contribution is 0.0610. The standard InChI is InChI=1S/C13H16O/c1-2-10-14-13-9-5-7-11-6-3-4-8-12(11)13/h2-4,6,8,13H,1,5,7,9-10H2. The SMILES string of the molecule is C=CCOC1CCCc2ccccc21. The van der Waals surface area contributed by atoms with Gasteiger partial charge in [-0.25, -0.2) is 0 Å². The topological polar surface area (TPSA) is 9.23 Å². The van der Waals surface area contributed by atoms with E-state index in [-0.39, 0.29) is 6.10 Å². The molecule has 1 heteroatoms. The highest BCUT2D eigenvalue weighted by atomic mass is 16.5. The average Bonchev–Trinajstić information content (AvgIpc) is 2.26. The Morgan fingerprint density at radius 1 is 1.43 bits per heavy atom. The second-order valence-electron chi connectivity index (χ2n) is 3.70. The van der Waals surface area contributed by atoms with Crippen LogP contribution < -0.4 is 0 Å². The minimum Gasteiger partial charge on any atom is -0.369 e. The summed E-state index contributed by atoms with van der Waals surface area (Å²) >= 11 is 0.